The van der Waals surface area contributed by atoms with Crippen molar-refractivity contribution in [1.29, 1.82) is 0 Å². The van der Waals surface area contributed by atoms with Gasteiger partial charge in [-0.05, 0) is 38.8 Å². The number of hydrogen-bond donors (Lipinski definition) is 0. The van der Waals surface area contributed by atoms with Crippen LogP contribution in [0.25, 0.3) is 22.1 Å². The fourth-order valence-corrected chi connectivity index (χ4v) is 2.98. The van der Waals surface area contributed by atoms with E-state index in [-0.39, 0.29) is 6.10 Å². The number of unbranched alkanes of at least 4 members (excludes halogenated alkanes) is 1. The van der Waals surface area contributed by atoms with Gasteiger partial charge in [0.2, 0.25) is 0 Å². The molecule has 24 heavy (non-hydrogen) atoms. The van der Waals surface area contributed by atoms with E-state index in [0.29, 0.717) is 0 Å². The fraction of sp³-hybridized carbons (Fsp3) is 0.526. The van der Waals surface area contributed by atoms with Crippen molar-refractivity contribution >= 4 is 22.1 Å². The standard InChI is InChI=1S/C19H26N4O/c1-4-5-9-17-22-16-13-21-15-8-6-10-20-18(15)19(16)23(17)11-7-12-24-14(2)3/h6,8,10,13-14H,4-5,7,9,11-12H2,1-3H3. The Morgan fingerprint density at radius 1 is 1.17 bits per heavy atom. The van der Waals surface area contributed by atoms with Crippen LogP contribution in [0.1, 0.15) is 45.9 Å². The van der Waals surface area contributed by atoms with Gasteiger partial charge < -0.3 is 9.30 Å². The first-order valence-electron chi connectivity index (χ1n) is 8.91. The van der Waals surface area contributed by atoms with Gasteiger partial charge in [0, 0.05) is 25.8 Å². The van der Waals surface area contributed by atoms with Gasteiger partial charge in [-0.3, -0.25) is 9.97 Å². The monoisotopic (exact) mass is 326 g/mol. The molecule has 0 fully saturated rings. The molecule has 5 heteroatoms. The second-order valence-corrected chi connectivity index (χ2v) is 6.42. The third kappa shape index (κ3) is 3.56. The molecule has 0 aliphatic carbocycles. The number of pyridine rings is 2. The molecule has 0 aromatic carbocycles. The molecule has 5 nitrogen and oxygen atoms in total. The predicted octanol–water partition coefficient (Wildman–Crippen LogP) is 4.14. The summed E-state index contributed by atoms with van der Waals surface area (Å²) in [6.07, 6.45) is 8.24. The molecule has 0 aliphatic heterocycles. The average molecular weight is 326 g/mol. The minimum absolute atomic E-state index is 0.274. The number of rotatable bonds is 8. The van der Waals surface area contributed by atoms with Crippen LogP contribution in [0, 0.1) is 0 Å². The topological polar surface area (TPSA) is 52.8 Å². The highest BCUT2D eigenvalue weighted by Gasteiger charge is 2.14. The second-order valence-electron chi connectivity index (χ2n) is 6.42. The lowest BCUT2D eigenvalue weighted by Crippen LogP contribution is -2.10. The zero-order chi connectivity index (χ0) is 16.9. The summed E-state index contributed by atoms with van der Waals surface area (Å²) in [5, 5.41) is 0. The van der Waals surface area contributed by atoms with Crippen molar-refractivity contribution < 1.29 is 4.74 Å². The molecule has 0 spiro atoms. The van der Waals surface area contributed by atoms with Crippen LogP contribution in [0.4, 0.5) is 0 Å². The van der Waals surface area contributed by atoms with Gasteiger partial charge in [-0.2, -0.15) is 0 Å². The molecule has 0 radical (unpaired) electrons. The molecule has 0 bridgehead atoms. The van der Waals surface area contributed by atoms with Gasteiger partial charge in [0.25, 0.3) is 0 Å². The fourth-order valence-electron chi connectivity index (χ4n) is 2.98. The third-order valence-electron chi connectivity index (χ3n) is 4.14. The number of aryl methyl sites for hydroxylation is 2. The van der Waals surface area contributed by atoms with Crippen LogP contribution in [0.2, 0.25) is 0 Å². The minimum Gasteiger partial charge on any atom is -0.379 e. The highest BCUT2D eigenvalue weighted by Crippen LogP contribution is 2.24. The molecule has 0 saturated heterocycles. The maximum atomic E-state index is 5.70. The van der Waals surface area contributed by atoms with E-state index in [4.69, 9.17) is 9.72 Å². The van der Waals surface area contributed by atoms with Crippen molar-refractivity contribution in [3.63, 3.8) is 0 Å². The maximum Gasteiger partial charge on any atom is 0.115 e. The molecule has 3 aromatic heterocycles. The highest BCUT2D eigenvalue weighted by molar-refractivity contribution is 5.99. The zero-order valence-electron chi connectivity index (χ0n) is 14.8. The lowest BCUT2D eigenvalue weighted by Gasteiger charge is -2.11. The number of hydrogen-bond acceptors (Lipinski definition) is 4. The Balaban J connectivity index is 1.98. The molecule has 0 saturated carbocycles. The van der Waals surface area contributed by atoms with E-state index in [1.54, 1.807) is 0 Å². The van der Waals surface area contributed by atoms with Crippen molar-refractivity contribution in [2.45, 2.75) is 59.1 Å². The summed E-state index contributed by atoms with van der Waals surface area (Å²) in [7, 11) is 0. The Hall–Kier alpha value is -2.01. The van der Waals surface area contributed by atoms with Crippen LogP contribution in [-0.2, 0) is 17.7 Å². The summed E-state index contributed by atoms with van der Waals surface area (Å²) >= 11 is 0. The molecule has 128 valence electrons. The minimum atomic E-state index is 0.274. The number of fused-ring (bicyclic) bond motifs is 3. The van der Waals surface area contributed by atoms with Crippen LogP contribution in [0.5, 0.6) is 0 Å². The van der Waals surface area contributed by atoms with Crippen LogP contribution in [-0.4, -0.2) is 32.2 Å². The Kier molecular flexibility index (Phi) is 5.41. The molecule has 0 atom stereocenters. The first-order chi connectivity index (χ1) is 11.7. The maximum absolute atomic E-state index is 5.70. The smallest absolute Gasteiger partial charge is 0.115 e. The van der Waals surface area contributed by atoms with Crippen molar-refractivity contribution in [2.24, 2.45) is 0 Å². The van der Waals surface area contributed by atoms with Crippen LogP contribution < -0.4 is 0 Å². The van der Waals surface area contributed by atoms with Gasteiger partial charge in [-0.1, -0.05) is 13.3 Å². The van der Waals surface area contributed by atoms with Crippen molar-refractivity contribution in [3.8, 4) is 0 Å². The molecule has 0 amide bonds. The van der Waals surface area contributed by atoms with Crippen molar-refractivity contribution in [1.82, 2.24) is 19.5 Å². The Bertz CT molecular complexity index is 810. The van der Waals surface area contributed by atoms with Gasteiger partial charge in [-0.25, -0.2) is 4.98 Å². The summed E-state index contributed by atoms with van der Waals surface area (Å²) in [5.74, 6) is 1.14. The summed E-state index contributed by atoms with van der Waals surface area (Å²) in [5.41, 5.74) is 3.91. The molecule has 0 unspecified atom stereocenters. The van der Waals surface area contributed by atoms with Gasteiger partial charge in [0.05, 0.1) is 23.3 Å². The normalized spacial score (nSPS) is 11.8. The third-order valence-corrected chi connectivity index (χ3v) is 4.14. The van der Waals surface area contributed by atoms with E-state index < -0.39 is 0 Å². The summed E-state index contributed by atoms with van der Waals surface area (Å²) in [4.78, 5) is 13.9. The molecule has 3 aromatic rings. The van der Waals surface area contributed by atoms with E-state index in [9.17, 15) is 0 Å². The van der Waals surface area contributed by atoms with Crippen molar-refractivity contribution in [2.75, 3.05) is 6.61 Å². The first kappa shape index (κ1) is 16.8. The SMILES string of the molecule is CCCCc1nc2cnc3cccnc3c2n1CCCOC(C)C. The van der Waals surface area contributed by atoms with E-state index in [1.165, 1.54) is 0 Å². The second kappa shape index (κ2) is 7.71. The van der Waals surface area contributed by atoms with E-state index >= 15 is 0 Å². The Morgan fingerprint density at radius 2 is 2.04 bits per heavy atom. The number of nitrogens with zero attached hydrogens (tertiary/aromatic N) is 4. The number of ether oxygens (including phenoxy) is 1. The van der Waals surface area contributed by atoms with Crippen molar-refractivity contribution in [3.05, 3.63) is 30.4 Å². The molecule has 0 aliphatic rings. The first-order valence-corrected chi connectivity index (χ1v) is 8.91. The Labute approximate surface area is 143 Å². The largest absolute Gasteiger partial charge is 0.379 e. The van der Waals surface area contributed by atoms with Gasteiger partial charge in [0.1, 0.15) is 16.9 Å². The van der Waals surface area contributed by atoms with Crippen LogP contribution >= 0.6 is 0 Å². The number of aromatic nitrogens is 4. The molecule has 3 rings (SSSR count). The van der Waals surface area contributed by atoms with Crippen LogP contribution in [0.3, 0.4) is 0 Å². The van der Waals surface area contributed by atoms with Gasteiger partial charge in [-0.15, -0.1) is 0 Å². The summed E-state index contributed by atoms with van der Waals surface area (Å²) in [6, 6.07) is 3.93. The lowest BCUT2D eigenvalue weighted by atomic mass is 10.2. The summed E-state index contributed by atoms with van der Waals surface area (Å²) in [6.45, 7) is 8.02. The predicted molar refractivity (Wildman–Crippen MR) is 97.1 cm³/mol. The Morgan fingerprint density at radius 3 is 2.83 bits per heavy atom. The summed E-state index contributed by atoms with van der Waals surface area (Å²) < 4.78 is 8.02. The lowest BCUT2D eigenvalue weighted by molar-refractivity contribution is 0.0749. The molecule has 3 heterocycles. The van der Waals surface area contributed by atoms with Gasteiger partial charge in [0.15, 0.2) is 0 Å². The van der Waals surface area contributed by atoms with E-state index in [2.05, 4.69) is 35.3 Å². The zero-order valence-corrected chi connectivity index (χ0v) is 14.8. The highest BCUT2D eigenvalue weighted by atomic mass is 16.5. The molecule has 0 N–H and O–H groups in total. The molecular formula is C19H26N4O. The quantitative estimate of drug-likeness (QED) is 0.584. The van der Waals surface area contributed by atoms with E-state index in [1.807, 2.05) is 24.5 Å². The van der Waals surface area contributed by atoms with E-state index in [0.717, 1.165) is 66.7 Å². The van der Waals surface area contributed by atoms with Gasteiger partial charge >= 0.3 is 0 Å². The number of imidazole rings is 1. The van der Waals surface area contributed by atoms with Crippen LogP contribution in [0.15, 0.2) is 24.5 Å². The molecular weight excluding hydrogens is 300 g/mol. The average Bonchev–Trinajstić information content (AvgIpc) is 2.94.